The molecule has 1 nitrogen and oxygen atoms in total. The molecule has 0 aliphatic carbocycles. The molecule has 0 aromatic heterocycles. The molecule has 44 valence electrons. The summed E-state index contributed by atoms with van der Waals surface area (Å²) in [5, 5.41) is 2.24. The minimum atomic E-state index is 0.125. The summed E-state index contributed by atoms with van der Waals surface area (Å²) < 4.78 is 0. The Bertz CT molecular complexity index is 130. The first-order valence-electron chi connectivity index (χ1n) is 2.24. The highest BCUT2D eigenvalue weighted by Crippen LogP contribution is 2.24. The fraction of sp³-hybridized carbons (Fsp3) is 0.400. The first kappa shape index (κ1) is 6.23. The Labute approximate surface area is 56.9 Å². The molecule has 0 aromatic rings. The van der Waals surface area contributed by atoms with Crippen LogP contribution in [0.2, 0.25) is 0 Å². The number of rotatable bonds is 1. The molecule has 1 atom stereocenters. The molecule has 0 fully saturated rings. The van der Waals surface area contributed by atoms with Crippen LogP contribution in [-0.2, 0) is 4.79 Å². The fourth-order valence-electron chi connectivity index (χ4n) is 0.498. The van der Waals surface area contributed by atoms with E-state index < -0.39 is 0 Å². The Kier molecular flexibility index (Phi) is 2.02. The lowest BCUT2D eigenvalue weighted by Gasteiger charge is -1.95. The largest absolute Gasteiger partial charge is 0.285 e. The van der Waals surface area contributed by atoms with Crippen LogP contribution in [-0.4, -0.2) is 16.6 Å². The highest BCUT2D eigenvalue weighted by molar-refractivity contribution is 8.18. The van der Waals surface area contributed by atoms with Crippen LogP contribution in [0.1, 0.15) is 0 Å². The zero-order valence-electron chi connectivity index (χ0n) is 4.46. The van der Waals surface area contributed by atoms with Crippen LogP contribution < -0.4 is 0 Å². The minimum Gasteiger partial charge on any atom is -0.285 e. The maximum Gasteiger partial charge on any atom is 0.209 e. The molecule has 0 N–H and O–H groups in total. The first-order chi connectivity index (χ1) is 3.84. The lowest BCUT2D eigenvalue weighted by Crippen LogP contribution is -2.03. The van der Waals surface area contributed by atoms with E-state index in [4.69, 9.17) is 0 Å². The normalized spacial score (nSPS) is 27.1. The van der Waals surface area contributed by atoms with Crippen LogP contribution in [0, 0.1) is 0 Å². The van der Waals surface area contributed by atoms with Gasteiger partial charge in [-0.05, 0) is 11.7 Å². The van der Waals surface area contributed by atoms with Crippen LogP contribution in [0.15, 0.2) is 11.5 Å². The van der Waals surface area contributed by atoms with Crippen molar-refractivity contribution in [2.75, 3.05) is 6.26 Å². The predicted octanol–water partition coefficient (Wildman–Crippen LogP) is 1.51. The predicted molar refractivity (Wildman–Crippen MR) is 39.0 cm³/mol. The smallest absolute Gasteiger partial charge is 0.209 e. The molecule has 3 heteroatoms. The number of hydrogen-bond acceptors (Lipinski definition) is 3. The van der Waals surface area contributed by atoms with Gasteiger partial charge < -0.3 is 0 Å². The highest BCUT2D eigenvalue weighted by atomic mass is 32.2. The Morgan fingerprint density at radius 3 is 2.88 bits per heavy atom. The van der Waals surface area contributed by atoms with Crippen molar-refractivity contribution in [1.82, 2.24) is 0 Å². The zero-order chi connectivity index (χ0) is 5.98. The Balaban J connectivity index is 2.53. The summed E-state index contributed by atoms with van der Waals surface area (Å²) in [6, 6.07) is 0. The summed E-state index contributed by atoms with van der Waals surface area (Å²) >= 11 is 2.87. The molecular weight excluding hydrogens is 140 g/mol. The third-order valence-corrected chi connectivity index (χ3v) is 2.73. The molecule has 1 aliphatic heterocycles. The third-order valence-electron chi connectivity index (χ3n) is 0.924. The Hall–Kier alpha value is 0.110. The third kappa shape index (κ3) is 1.09. The van der Waals surface area contributed by atoms with Crippen molar-refractivity contribution in [3.8, 4) is 0 Å². The van der Waals surface area contributed by atoms with Crippen LogP contribution in [0.5, 0.6) is 0 Å². The van der Waals surface area contributed by atoms with Crippen molar-refractivity contribution in [3.63, 3.8) is 0 Å². The molecule has 1 heterocycles. The Morgan fingerprint density at radius 2 is 2.62 bits per heavy atom. The second kappa shape index (κ2) is 2.60. The number of hydrogen-bond donors (Lipinski definition) is 0. The molecule has 0 radical (unpaired) electrons. The van der Waals surface area contributed by atoms with Gasteiger partial charge in [-0.1, -0.05) is 17.8 Å². The summed E-state index contributed by atoms with van der Waals surface area (Å²) in [4.78, 5) is 10.7. The Morgan fingerprint density at radius 1 is 1.88 bits per heavy atom. The quantitative estimate of drug-likeness (QED) is 0.558. The molecule has 0 bridgehead atoms. The van der Waals surface area contributed by atoms with Crippen molar-refractivity contribution >= 4 is 28.6 Å². The van der Waals surface area contributed by atoms with Crippen molar-refractivity contribution in [3.05, 3.63) is 11.5 Å². The molecule has 1 unspecified atom stereocenters. The van der Waals surface area contributed by atoms with E-state index in [1.807, 2.05) is 17.7 Å². The van der Waals surface area contributed by atoms with Gasteiger partial charge in [-0.25, -0.2) is 0 Å². The lowest BCUT2D eigenvalue weighted by molar-refractivity contribution is -0.109. The van der Waals surface area contributed by atoms with E-state index in [-0.39, 0.29) is 10.4 Å². The number of carbonyl (C=O) groups excluding carboxylic acids is 1. The van der Waals surface area contributed by atoms with Crippen LogP contribution in [0.4, 0.5) is 0 Å². The molecule has 0 amide bonds. The summed E-state index contributed by atoms with van der Waals surface area (Å²) in [6.45, 7) is 0. The standard InChI is InChI=1S/C5H6OS2/c1-7-4-2-3-8-5(4)6/h2-4H,1H3. The van der Waals surface area contributed by atoms with Gasteiger partial charge in [0.1, 0.15) is 0 Å². The van der Waals surface area contributed by atoms with Gasteiger partial charge in [0.05, 0.1) is 5.25 Å². The van der Waals surface area contributed by atoms with E-state index in [0.717, 1.165) is 0 Å². The average Bonchev–Trinajstić information content (AvgIpc) is 2.14. The molecular formula is C5H6OS2. The van der Waals surface area contributed by atoms with Gasteiger partial charge in [0.25, 0.3) is 0 Å². The van der Waals surface area contributed by atoms with Crippen molar-refractivity contribution in [2.45, 2.75) is 5.25 Å². The summed E-state index contributed by atoms with van der Waals surface area (Å²) in [5.74, 6) is 0. The lowest BCUT2D eigenvalue weighted by atomic mass is 10.5. The molecule has 0 saturated carbocycles. The summed E-state index contributed by atoms with van der Waals surface area (Å²) in [7, 11) is 0. The maximum atomic E-state index is 10.7. The second-order valence-electron chi connectivity index (χ2n) is 1.42. The minimum absolute atomic E-state index is 0.125. The van der Waals surface area contributed by atoms with Crippen LogP contribution in [0.25, 0.3) is 0 Å². The second-order valence-corrected chi connectivity index (χ2v) is 3.31. The van der Waals surface area contributed by atoms with Crippen LogP contribution in [0.3, 0.4) is 0 Å². The maximum absolute atomic E-state index is 10.7. The van der Waals surface area contributed by atoms with E-state index in [9.17, 15) is 4.79 Å². The SMILES string of the molecule is CSC1C=CSC1=O. The van der Waals surface area contributed by atoms with E-state index in [1.54, 1.807) is 11.8 Å². The molecule has 8 heavy (non-hydrogen) atoms. The van der Waals surface area contributed by atoms with Gasteiger partial charge in [0.15, 0.2) is 0 Å². The average molecular weight is 146 g/mol. The first-order valence-corrected chi connectivity index (χ1v) is 4.41. The van der Waals surface area contributed by atoms with Crippen LogP contribution >= 0.6 is 23.5 Å². The van der Waals surface area contributed by atoms with E-state index in [0.29, 0.717) is 0 Å². The van der Waals surface area contributed by atoms with E-state index in [1.165, 1.54) is 11.8 Å². The molecule has 0 saturated heterocycles. The van der Waals surface area contributed by atoms with Gasteiger partial charge in [0, 0.05) is 0 Å². The molecule has 1 rings (SSSR count). The van der Waals surface area contributed by atoms with Crippen molar-refractivity contribution in [2.24, 2.45) is 0 Å². The van der Waals surface area contributed by atoms with E-state index in [2.05, 4.69) is 0 Å². The van der Waals surface area contributed by atoms with Gasteiger partial charge in [0.2, 0.25) is 5.12 Å². The van der Waals surface area contributed by atoms with Gasteiger partial charge in [-0.3, -0.25) is 4.79 Å². The summed E-state index contributed by atoms with van der Waals surface area (Å²) in [5.41, 5.74) is 0. The van der Waals surface area contributed by atoms with Gasteiger partial charge >= 0.3 is 0 Å². The highest BCUT2D eigenvalue weighted by Gasteiger charge is 2.17. The van der Waals surface area contributed by atoms with Crippen molar-refractivity contribution in [1.29, 1.82) is 0 Å². The molecule has 1 aliphatic rings. The molecule has 0 aromatic carbocycles. The topological polar surface area (TPSA) is 17.1 Å². The monoisotopic (exact) mass is 146 g/mol. The van der Waals surface area contributed by atoms with Gasteiger partial charge in [-0.2, -0.15) is 0 Å². The van der Waals surface area contributed by atoms with Crippen molar-refractivity contribution < 1.29 is 4.79 Å². The molecule has 0 spiro atoms. The van der Waals surface area contributed by atoms with E-state index >= 15 is 0 Å². The van der Waals surface area contributed by atoms with Gasteiger partial charge in [-0.15, -0.1) is 11.8 Å². The zero-order valence-corrected chi connectivity index (χ0v) is 6.09. The fourth-order valence-corrected chi connectivity index (χ4v) is 2.06. The number of thioether (sulfide) groups is 2. The summed E-state index contributed by atoms with van der Waals surface area (Å²) in [6.07, 6.45) is 3.87. The number of carbonyl (C=O) groups is 1.